The van der Waals surface area contributed by atoms with Gasteiger partial charge in [0.05, 0.1) is 25.7 Å². The first-order valence-electron chi connectivity index (χ1n) is 7.97. The van der Waals surface area contributed by atoms with Crippen LogP contribution < -0.4 is 5.32 Å². The molecule has 2 amide bonds. The van der Waals surface area contributed by atoms with Gasteiger partial charge in [-0.15, -0.1) is 0 Å². The van der Waals surface area contributed by atoms with E-state index in [0.717, 1.165) is 38.9 Å². The van der Waals surface area contributed by atoms with E-state index in [1.807, 2.05) is 4.90 Å². The standard InChI is InChI=1S/C15H27N3O3/c1-3-6-16-13-11-21-10-12(13)15(20)17(2)9-14(19)18-7-4-5-8-18/h12-13,16H,3-11H2,1-2H3. The van der Waals surface area contributed by atoms with Crippen LogP contribution in [-0.4, -0.2) is 74.1 Å². The molecule has 2 saturated heterocycles. The molecule has 2 fully saturated rings. The summed E-state index contributed by atoms with van der Waals surface area (Å²) >= 11 is 0. The quantitative estimate of drug-likeness (QED) is 0.754. The topological polar surface area (TPSA) is 61.9 Å². The van der Waals surface area contributed by atoms with E-state index in [2.05, 4.69) is 12.2 Å². The molecule has 2 aliphatic heterocycles. The molecule has 6 heteroatoms. The first kappa shape index (κ1) is 16.2. The Morgan fingerprint density at radius 1 is 1.29 bits per heavy atom. The molecule has 0 spiro atoms. The van der Waals surface area contributed by atoms with Crippen molar-refractivity contribution in [2.24, 2.45) is 5.92 Å². The molecular weight excluding hydrogens is 270 g/mol. The van der Waals surface area contributed by atoms with Gasteiger partial charge in [0.2, 0.25) is 11.8 Å². The molecule has 21 heavy (non-hydrogen) atoms. The molecule has 0 radical (unpaired) electrons. The number of rotatable bonds is 6. The number of likely N-dealkylation sites (tertiary alicyclic amines) is 1. The summed E-state index contributed by atoms with van der Waals surface area (Å²) in [6.07, 6.45) is 3.17. The number of amides is 2. The number of hydrogen-bond acceptors (Lipinski definition) is 4. The van der Waals surface area contributed by atoms with E-state index in [0.29, 0.717) is 13.2 Å². The number of carbonyl (C=O) groups excluding carboxylic acids is 2. The van der Waals surface area contributed by atoms with Gasteiger partial charge in [0.25, 0.3) is 0 Å². The second-order valence-electron chi connectivity index (χ2n) is 5.99. The monoisotopic (exact) mass is 297 g/mol. The first-order valence-corrected chi connectivity index (χ1v) is 7.97. The highest BCUT2D eigenvalue weighted by atomic mass is 16.5. The van der Waals surface area contributed by atoms with Gasteiger partial charge in [0.1, 0.15) is 0 Å². The molecule has 0 saturated carbocycles. The van der Waals surface area contributed by atoms with Gasteiger partial charge in [-0.2, -0.15) is 0 Å². The third-order valence-electron chi connectivity index (χ3n) is 4.26. The summed E-state index contributed by atoms with van der Waals surface area (Å²) in [5, 5.41) is 3.36. The molecule has 6 nitrogen and oxygen atoms in total. The Kier molecular flexibility index (Phi) is 5.99. The van der Waals surface area contributed by atoms with Crippen LogP contribution in [0.5, 0.6) is 0 Å². The second-order valence-corrected chi connectivity index (χ2v) is 5.99. The minimum absolute atomic E-state index is 0.00801. The van der Waals surface area contributed by atoms with E-state index in [-0.39, 0.29) is 30.3 Å². The lowest BCUT2D eigenvalue weighted by molar-refractivity contribution is -0.141. The highest BCUT2D eigenvalue weighted by Crippen LogP contribution is 2.17. The van der Waals surface area contributed by atoms with Crippen LogP contribution in [0.15, 0.2) is 0 Å². The summed E-state index contributed by atoms with van der Waals surface area (Å²) in [6, 6.07) is 0.0711. The van der Waals surface area contributed by atoms with Gasteiger partial charge in [0, 0.05) is 26.2 Å². The Labute approximate surface area is 126 Å². The maximum atomic E-state index is 12.5. The number of ether oxygens (including phenoxy) is 1. The summed E-state index contributed by atoms with van der Waals surface area (Å²) in [5.74, 6) is -0.109. The molecule has 2 heterocycles. The van der Waals surface area contributed by atoms with Crippen molar-refractivity contribution in [2.75, 3.05) is 46.4 Å². The van der Waals surface area contributed by atoms with Crippen molar-refractivity contribution in [3.8, 4) is 0 Å². The van der Waals surface area contributed by atoms with Crippen molar-refractivity contribution in [2.45, 2.75) is 32.2 Å². The maximum Gasteiger partial charge on any atom is 0.242 e. The van der Waals surface area contributed by atoms with Crippen LogP contribution in [0.25, 0.3) is 0 Å². The third kappa shape index (κ3) is 4.17. The summed E-state index contributed by atoms with van der Waals surface area (Å²) in [5.41, 5.74) is 0. The van der Waals surface area contributed by atoms with E-state index in [1.54, 1.807) is 11.9 Å². The lowest BCUT2D eigenvalue weighted by Gasteiger charge is -2.26. The number of nitrogens with zero attached hydrogens (tertiary/aromatic N) is 2. The average Bonchev–Trinajstić information content (AvgIpc) is 3.15. The summed E-state index contributed by atoms with van der Waals surface area (Å²) in [7, 11) is 1.71. The van der Waals surface area contributed by atoms with Gasteiger partial charge in [-0.1, -0.05) is 6.92 Å². The van der Waals surface area contributed by atoms with Gasteiger partial charge in [-0.3, -0.25) is 9.59 Å². The average molecular weight is 297 g/mol. The fourth-order valence-corrected chi connectivity index (χ4v) is 2.96. The van der Waals surface area contributed by atoms with Gasteiger partial charge in [0.15, 0.2) is 0 Å². The summed E-state index contributed by atoms with van der Waals surface area (Å²) < 4.78 is 5.44. The zero-order valence-corrected chi connectivity index (χ0v) is 13.1. The Morgan fingerprint density at radius 3 is 2.67 bits per heavy atom. The lowest BCUT2D eigenvalue weighted by atomic mass is 10.0. The van der Waals surface area contributed by atoms with Crippen molar-refractivity contribution < 1.29 is 14.3 Å². The predicted octanol–water partition coefficient (Wildman–Crippen LogP) is 0.0818. The number of nitrogens with one attached hydrogen (secondary N) is 1. The van der Waals surface area contributed by atoms with Crippen LogP contribution in [0, 0.1) is 5.92 Å². The Balaban J connectivity index is 1.84. The predicted molar refractivity (Wildman–Crippen MR) is 79.8 cm³/mol. The highest BCUT2D eigenvalue weighted by molar-refractivity contribution is 5.86. The highest BCUT2D eigenvalue weighted by Gasteiger charge is 2.36. The van der Waals surface area contributed by atoms with Gasteiger partial charge in [-0.25, -0.2) is 0 Å². The Morgan fingerprint density at radius 2 is 2.00 bits per heavy atom. The first-order chi connectivity index (χ1) is 10.1. The molecule has 1 N–H and O–H groups in total. The van der Waals surface area contributed by atoms with Gasteiger partial charge < -0.3 is 19.9 Å². The van der Waals surface area contributed by atoms with Crippen LogP contribution in [0.4, 0.5) is 0 Å². The fraction of sp³-hybridized carbons (Fsp3) is 0.867. The molecule has 0 aromatic rings. The lowest BCUT2D eigenvalue weighted by Crippen LogP contribution is -2.47. The molecule has 120 valence electrons. The molecule has 2 aliphatic rings. The summed E-state index contributed by atoms with van der Waals surface area (Å²) in [4.78, 5) is 28.0. The van der Waals surface area contributed by atoms with Crippen molar-refractivity contribution in [3.05, 3.63) is 0 Å². The van der Waals surface area contributed by atoms with E-state index in [4.69, 9.17) is 4.74 Å². The van der Waals surface area contributed by atoms with Crippen molar-refractivity contribution in [1.82, 2.24) is 15.1 Å². The number of hydrogen-bond donors (Lipinski definition) is 1. The molecule has 0 aromatic heterocycles. The zero-order chi connectivity index (χ0) is 15.2. The molecule has 0 aliphatic carbocycles. The van der Waals surface area contributed by atoms with Crippen molar-refractivity contribution in [3.63, 3.8) is 0 Å². The van der Waals surface area contributed by atoms with Crippen LogP contribution in [0.2, 0.25) is 0 Å². The SMILES string of the molecule is CCCNC1COCC1C(=O)N(C)CC(=O)N1CCCC1. The van der Waals surface area contributed by atoms with E-state index in [9.17, 15) is 9.59 Å². The van der Waals surface area contributed by atoms with Crippen LogP contribution in [0.1, 0.15) is 26.2 Å². The number of likely N-dealkylation sites (N-methyl/N-ethyl adjacent to an activating group) is 1. The van der Waals surface area contributed by atoms with Crippen molar-refractivity contribution >= 4 is 11.8 Å². The van der Waals surface area contributed by atoms with Gasteiger partial charge in [-0.05, 0) is 25.8 Å². The zero-order valence-electron chi connectivity index (χ0n) is 13.1. The molecular formula is C15H27N3O3. The maximum absolute atomic E-state index is 12.5. The largest absolute Gasteiger partial charge is 0.379 e. The van der Waals surface area contributed by atoms with E-state index >= 15 is 0 Å². The van der Waals surface area contributed by atoms with E-state index < -0.39 is 0 Å². The second kappa shape index (κ2) is 7.75. The minimum Gasteiger partial charge on any atom is -0.379 e. The Hall–Kier alpha value is -1.14. The molecule has 0 bridgehead atoms. The minimum atomic E-state index is -0.173. The smallest absolute Gasteiger partial charge is 0.242 e. The van der Waals surface area contributed by atoms with Crippen LogP contribution >= 0.6 is 0 Å². The van der Waals surface area contributed by atoms with Gasteiger partial charge >= 0.3 is 0 Å². The third-order valence-corrected chi connectivity index (χ3v) is 4.26. The van der Waals surface area contributed by atoms with Crippen LogP contribution in [-0.2, 0) is 14.3 Å². The van der Waals surface area contributed by atoms with Crippen LogP contribution in [0.3, 0.4) is 0 Å². The summed E-state index contributed by atoms with van der Waals surface area (Å²) in [6.45, 7) is 5.83. The van der Waals surface area contributed by atoms with E-state index in [1.165, 1.54) is 0 Å². The number of carbonyl (C=O) groups is 2. The Bertz CT molecular complexity index is 369. The molecule has 0 aromatic carbocycles. The molecule has 2 rings (SSSR count). The molecule has 2 atom stereocenters. The van der Waals surface area contributed by atoms with Crippen molar-refractivity contribution in [1.29, 1.82) is 0 Å². The molecule has 2 unspecified atom stereocenters. The normalized spacial score (nSPS) is 25.3. The fourth-order valence-electron chi connectivity index (χ4n) is 2.96.